The van der Waals surface area contributed by atoms with Gasteiger partial charge >= 0.3 is 12.0 Å². The summed E-state index contributed by atoms with van der Waals surface area (Å²) < 4.78 is 0. The minimum absolute atomic E-state index is 0.0126. The minimum Gasteiger partial charge on any atom is -0.478 e. The molecule has 2 N–H and O–H groups in total. The average molecular weight is 280 g/mol. The molecule has 0 aromatic heterocycles. The fraction of sp³-hybridized carbons (Fsp3) is 0.643. The van der Waals surface area contributed by atoms with Crippen molar-refractivity contribution in [1.29, 1.82) is 0 Å². The van der Waals surface area contributed by atoms with E-state index in [1.165, 1.54) is 12.5 Å². The molecule has 20 heavy (non-hydrogen) atoms. The van der Waals surface area contributed by atoms with Gasteiger partial charge in [0, 0.05) is 12.6 Å². The van der Waals surface area contributed by atoms with Crippen molar-refractivity contribution in [2.75, 3.05) is 6.54 Å². The number of carbonyl (C=O) groups is 3. The molecule has 3 amide bonds. The first-order valence-corrected chi connectivity index (χ1v) is 7.09. The van der Waals surface area contributed by atoms with Gasteiger partial charge < -0.3 is 10.4 Å². The van der Waals surface area contributed by atoms with Gasteiger partial charge in [0.15, 0.2) is 0 Å². The molecular formula is C14H20N2O4. The molecule has 1 aliphatic heterocycles. The molecule has 0 atom stereocenters. The summed E-state index contributed by atoms with van der Waals surface area (Å²) in [4.78, 5) is 36.0. The fourth-order valence-corrected chi connectivity index (χ4v) is 2.95. The molecule has 1 saturated carbocycles. The van der Waals surface area contributed by atoms with E-state index >= 15 is 0 Å². The molecule has 1 saturated heterocycles. The van der Waals surface area contributed by atoms with E-state index in [4.69, 9.17) is 5.11 Å². The number of carbonyl (C=O) groups excluding carboxylic acids is 2. The van der Waals surface area contributed by atoms with Crippen LogP contribution in [0.5, 0.6) is 0 Å². The molecule has 6 heteroatoms. The van der Waals surface area contributed by atoms with Crippen molar-refractivity contribution in [2.24, 2.45) is 0 Å². The third kappa shape index (κ3) is 3.00. The molecule has 1 aliphatic carbocycles. The van der Waals surface area contributed by atoms with Crippen LogP contribution in [0.3, 0.4) is 0 Å². The molecule has 0 aromatic rings. The first kappa shape index (κ1) is 14.6. The van der Waals surface area contributed by atoms with Gasteiger partial charge in [0.2, 0.25) is 0 Å². The second kappa shape index (κ2) is 6.07. The van der Waals surface area contributed by atoms with Crippen LogP contribution in [-0.4, -0.2) is 40.0 Å². The predicted molar refractivity (Wildman–Crippen MR) is 72.1 cm³/mol. The summed E-state index contributed by atoms with van der Waals surface area (Å²) in [5.74, 6) is -1.29. The van der Waals surface area contributed by atoms with Crippen molar-refractivity contribution in [3.05, 3.63) is 12.2 Å². The van der Waals surface area contributed by atoms with Crippen LogP contribution >= 0.6 is 0 Å². The number of hydrogen-bond acceptors (Lipinski definition) is 3. The standard InChI is InChI=1S/C14H20N2O4/c17-11(18)7-6-10-16-12(19)14(15-13(16)20)8-4-2-1-3-5-9-14/h6-7H,1-5,8-10H2,(H,15,20)(H,17,18)/b7-6+. The number of amides is 3. The Labute approximate surface area is 117 Å². The van der Waals surface area contributed by atoms with E-state index in [-0.39, 0.29) is 12.5 Å². The van der Waals surface area contributed by atoms with Gasteiger partial charge in [-0.3, -0.25) is 9.69 Å². The Hall–Kier alpha value is -1.85. The first-order valence-electron chi connectivity index (χ1n) is 7.09. The molecule has 0 radical (unpaired) electrons. The van der Waals surface area contributed by atoms with E-state index in [1.54, 1.807) is 0 Å². The number of hydrogen-bond donors (Lipinski definition) is 2. The van der Waals surface area contributed by atoms with Crippen LogP contribution in [0, 0.1) is 0 Å². The maximum Gasteiger partial charge on any atom is 0.328 e. The number of carboxylic acids is 1. The summed E-state index contributed by atoms with van der Waals surface area (Å²) in [6, 6.07) is -0.411. The number of nitrogens with one attached hydrogen (secondary N) is 1. The Kier molecular flexibility index (Phi) is 4.42. The van der Waals surface area contributed by atoms with Gasteiger partial charge in [-0.2, -0.15) is 0 Å². The molecule has 1 spiro atoms. The normalized spacial score (nSPS) is 22.9. The topological polar surface area (TPSA) is 86.7 Å². The van der Waals surface area contributed by atoms with E-state index < -0.39 is 17.5 Å². The number of rotatable bonds is 3. The molecule has 0 unspecified atom stereocenters. The minimum atomic E-state index is -1.09. The Morgan fingerprint density at radius 2 is 1.80 bits per heavy atom. The fourth-order valence-electron chi connectivity index (χ4n) is 2.95. The molecule has 2 rings (SSSR count). The summed E-state index contributed by atoms with van der Waals surface area (Å²) >= 11 is 0. The van der Waals surface area contributed by atoms with E-state index in [0.29, 0.717) is 12.8 Å². The van der Waals surface area contributed by atoms with Crippen molar-refractivity contribution in [1.82, 2.24) is 10.2 Å². The number of aliphatic carboxylic acids is 1. The lowest BCUT2D eigenvalue weighted by atomic mass is 9.84. The number of nitrogens with zero attached hydrogens (tertiary/aromatic N) is 1. The molecule has 0 aromatic carbocycles. The maximum atomic E-state index is 12.5. The largest absolute Gasteiger partial charge is 0.478 e. The molecular weight excluding hydrogens is 260 g/mol. The van der Waals surface area contributed by atoms with Gasteiger partial charge in [-0.1, -0.05) is 38.2 Å². The second-order valence-corrected chi connectivity index (χ2v) is 5.44. The molecule has 2 aliphatic rings. The van der Waals surface area contributed by atoms with Gasteiger partial charge in [-0.05, 0) is 12.8 Å². The van der Waals surface area contributed by atoms with Crippen molar-refractivity contribution in [3.63, 3.8) is 0 Å². The molecule has 2 fully saturated rings. The summed E-state index contributed by atoms with van der Waals surface area (Å²) in [5.41, 5.74) is -0.755. The molecule has 0 bridgehead atoms. The zero-order chi connectivity index (χ0) is 14.6. The molecule has 6 nitrogen and oxygen atoms in total. The lowest BCUT2D eigenvalue weighted by Crippen LogP contribution is -2.47. The van der Waals surface area contributed by atoms with E-state index in [9.17, 15) is 14.4 Å². The highest BCUT2D eigenvalue weighted by Gasteiger charge is 2.49. The van der Waals surface area contributed by atoms with Crippen LogP contribution in [0.15, 0.2) is 12.2 Å². The van der Waals surface area contributed by atoms with Crippen LogP contribution in [0.4, 0.5) is 4.79 Å². The Bertz CT molecular complexity index is 436. The van der Waals surface area contributed by atoms with Gasteiger partial charge in [-0.15, -0.1) is 0 Å². The van der Waals surface area contributed by atoms with Crippen molar-refractivity contribution in [3.8, 4) is 0 Å². The summed E-state index contributed by atoms with van der Waals surface area (Å²) in [7, 11) is 0. The zero-order valence-corrected chi connectivity index (χ0v) is 11.4. The summed E-state index contributed by atoms with van der Waals surface area (Å²) in [6.45, 7) is 0.0126. The Morgan fingerprint density at radius 1 is 1.20 bits per heavy atom. The Balaban J connectivity index is 2.08. The number of carboxylic acid groups (broad SMARTS) is 1. The monoisotopic (exact) mass is 280 g/mol. The molecule has 1 heterocycles. The summed E-state index contributed by atoms with van der Waals surface area (Å²) in [5, 5.41) is 11.4. The maximum absolute atomic E-state index is 12.5. The van der Waals surface area contributed by atoms with Gasteiger partial charge in [0.25, 0.3) is 5.91 Å². The lowest BCUT2D eigenvalue weighted by molar-refractivity contribution is -0.132. The lowest BCUT2D eigenvalue weighted by Gasteiger charge is -2.28. The Morgan fingerprint density at radius 3 is 2.40 bits per heavy atom. The van der Waals surface area contributed by atoms with Crippen LogP contribution in [0.1, 0.15) is 44.9 Å². The van der Waals surface area contributed by atoms with Crippen molar-refractivity contribution < 1.29 is 19.5 Å². The zero-order valence-electron chi connectivity index (χ0n) is 11.4. The quantitative estimate of drug-likeness (QED) is 0.608. The SMILES string of the molecule is O=C(O)/C=C/CN1C(=O)NC2(CCCCCCC2)C1=O. The van der Waals surface area contributed by atoms with Crippen LogP contribution in [0.25, 0.3) is 0 Å². The third-order valence-corrected chi connectivity index (χ3v) is 4.00. The van der Waals surface area contributed by atoms with Gasteiger partial charge in [0.05, 0.1) is 0 Å². The van der Waals surface area contributed by atoms with Crippen molar-refractivity contribution in [2.45, 2.75) is 50.5 Å². The van der Waals surface area contributed by atoms with Crippen LogP contribution < -0.4 is 5.32 Å². The number of imide groups is 1. The van der Waals surface area contributed by atoms with Gasteiger partial charge in [0.1, 0.15) is 5.54 Å². The van der Waals surface area contributed by atoms with Crippen molar-refractivity contribution >= 4 is 17.9 Å². The highest BCUT2D eigenvalue weighted by molar-refractivity contribution is 6.07. The molecule has 110 valence electrons. The smallest absolute Gasteiger partial charge is 0.328 e. The number of urea groups is 1. The highest BCUT2D eigenvalue weighted by Crippen LogP contribution is 2.31. The third-order valence-electron chi connectivity index (χ3n) is 4.00. The first-order chi connectivity index (χ1) is 9.55. The predicted octanol–water partition coefficient (Wildman–Crippen LogP) is 1.66. The average Bonchev–Trinajstić information content (AvgIpc) is 2.59. The van der Waals surface area contributed by atoms with Gasteiger partial charge in [-0.25, -0.2) is 9.59 Å². The summed E-state index contributed by atoms with van der Waals surface area (Å²) in [6.07, 6.45) is 8.85. The van der Waals surface area contributed by atoms with Crippen LogP contribution in [-0.2, 0) is 9.59 Å². The van der Waals surface area contributed by atoms with E-state index in [1.807, 2.05) is 0 Å². The van der Waals surface area contributed by atoms with E-state index in [0.717, 1.165) is 36.7 Å². The van der Waals surface area contributed by atoms with Crippen LogP contribution in [0.2, 0.25) is 0 Å². The van der Waals surface area contributed by atoms with E-state index in [2.05, 4.69) is 5.32 Å². The highest BCUT2D eigenvalue weighted by atomic mass is 16.4. The second-order valence-electron chi connectivity index (χ2n) is 5.44.